The van der Waals surface area contributed by atoms with E-state index in [4.69, 9.17) is 0 Å². The number of benzene rings is 1. The molecule has 0 saturated heterocycles. The summed E-state index contributed by atoms with van der Waals surface area (Å²) >= 11 is 0. The smallest absolute Gasteiger partial charge is 0.123 e. The fraction of sp³-hybridized carbons (Fsp3) is 0.684. The van der Waals surface area contributed by atoms with E-state index >= 15 is 0 Å². The molecule has 3 nitrogen and oxygen atoms in total. The van der Waals surface area contributed by atoms with Crippen molar-refractivity contribution in [1.82, 2.24) is 5.32 Å². The van der Waals surface area contributed by atoms with E-state index in [2.05, 4.69) is 24.2 Å². The molecule has 0 bridgehead atoms. The number of aliphatic hydroxyl groups is 1. The lowest BCUT2D eigenvalue weighted by Gasteiger charge is -2.28. The summed E-state index contributed by atoms with van der Waals surface area (Å²) in [5, 5.41) is 13.1. The summed E-state index contributed by atoms with van der Waals surface area (Å²) in [6.07, 6.45) is 7.19. The van der Waals surface area contributed by atoms with Crippen LogP contribution in [0.5, 0.6) is 0 Å². The van der Waals surface area contributed by atoms with Gasteiger partial charge in [0.25, 0.3) is 0 Å². The van der Waals surface area contributed by atoms with E-state index in [1.807, 2.05) is 6.07 Å². The molecular weight excluding hydrogens is 291 g/mol. The van der Waals surface area contributed by atoms with Gasteiger partial charge in [0.15, 0.2) is 0 Å². The van der Waals surface area contributed by atoms with E-state index in [-0.39, 0.29) is 11.9 Å². The van der Waals surface area contributed by atoms with Gasteiger partial charge in [0.05, 0.1) is 6.10 Å². The van der Waals surface area contributed by atoms with Crippen LogP contribution in [0.4, 0.5) is 10.1 Å². The second-order valence-corrected chi connectivity index (χ2v) is 6.79. The van der Waals surface area contributed by atoms with E-state index in [9.17, 15) is 9.50 Å². The van der Waals surface area contributed by atoms with Gasteiger partial charge in [0.2, 0.25) is 0 Å². The van der Waals surface area contributed by atoms with Gasteiger partial charge in [0, 0.05) is 31.9 Å². The van der Waals surface area contributed by atoms with Gasteiger partial charge in [-0.1, -0.05) is 19.8 Å². The van der Waals surface area contributed by atoms with Gasteiger partial charge >= 0.3 is 0 Å². The van der Waals surface area contributed by atoms with Crippen LogP contribution >= 0.6 is 0 Å². The first-order chi connectivity index (χ1) is 11.1. The SMILES string of the molecule is CCCCCN(C)c1ccc(F)cc1CNC1CCC(O)CC1. The molecule has 0 amide bonds. The highest BCUT2D eigenvalue weighted by atomic mass is 19.1. The highest BCUT2D eigenvalue weighted by molar-refractivity contribution is 5.53. The van der Waals surface area contributed by atoms with Gasteiger partial charge in [-0.15, -0.1) is 0 Å². The van der Waals surface area contributed by atoms with Crippen LogP contribution in [0.1, 0.15) is 57.4 Å². The lowest BCUT2D eigenvalue weighted by Crippen LogP contribution is -2.34. The Labute approximate surface area is 139 Å². The molecule has 1 aromatic carbocycles. The van der Waals surface area contributed by atoms with Gasteiger partial charge in [-0.2, -0.15) is 0 Å². The monoisotopic (exact) mass is 322 g/mol. The first kappa shape index (κ1) is 18.2. The minimum atomic E-state index is -0.174. The number of rotatable bonds is 8. The van der Waals surface area contributed by atoms with Crippen LogP contribution in [0.15, 0.2) is 18.2 Å². The Hall–Kier alpha value is -1.13. The summed E-state index contributed by atoms with van der Waals surface area (Å²) in [4.78, 5) is 2.23. The van der Waals surface area contributed by atoms with Crippen LogP contribution in [0.2, 0.25) is 0 Å². The van der Waals surface area contributed by atoms with E-state index in [1.165, 1.54) is 12.8 Å². The molecule has 1 fully saturated rings. The van der Waals surface area contributed by atoms with Crippen LogP contribution in [0.3, 0.4) is 0 Å². The fourth-order valence-corrected chi connectivity index (χ4v) is 3.32. The van der Waals surface area contributed by atoms with Crippen LogP contribution in [-0.4, -0.2) is 30.8 Å². The van der Waals surface area contributed by atoms with Crippen molar-refractivity contribution in [3.63, 3.8) is 0 Å². The number of hydrogen-bond donors (Lipinski definition) is 2. The average Bonchev–Trinajstić information content (AvgIpc) is 2.54. The summed E-state index contributed by atoms with van der Waals surface area (Å²) in [6, 6.07) is 5.52. The topological polar surface area (TPSA) is 35.5 Å². The molecule has 1 saturated carbocycles. The lowest BCUT2D eigenvalue weighted by atomic mass is 9.93. The van der Waals surface area contributed by atoms with E-state index in [0.29, 0.717) is 12.6 Å². The molecule has 23 heavy (non-hydrogen) atoms. The molecule has 0 aromatic heterocycles. The molecule has 2 N–H and O–H groups in total. The van der Waals surface area contributed by atoms with E-state index in [0.717, 1.165) is 49.9 Å². The van der Waals surface area contributed by atoms with Crippen molar-refractivity contribution in [2.24, 2.45) is 0 Å². The molecule has 1 aliphatic carbocycles. The molecule has 4 heteroatoms. The highest BCUT2D eigenvalue weighted by Crippen LogP contribution is 2.23. The molecular formula is C19H31FN2O. The lowest BCUT2D eigenvalue weighted by molar-refractivity contribution is 0.116. The maximum absolute atomic E-state index is 13.7. The van der Waals surface area contributed by atoms with Crippen molar-refractivity contribution in [3.8, 4) is 0 Å². The molecule has 0 unspecified atom stereocenters. The quantitative estimate of drug-likeness (QED) is 0.714. The predicted octanol–water partition coefficient (Wildman–Crippen LogP) is 3.85. The predicted molar refractivity (Wildman–Crippen MR) is 94.3 cm³/mol. The molecule has 1 aromatic rings. The third-order valence-corrected chi connectivity index (χ3v) is 4.83. The summed E-state index contributed by atoms with van der Waals surface area (Å²) in [5.41, 5.74) is 2.14. The van der Waals surface area contributed by atoms with Crippen LogP contribution in [0, 0.1) is 5.82 Å². The summed E-state index contributed by atoms with van der Waals surface area (Å²) < 4.78 is 13.7. The zero-order chi connectivity index (χ0) is 16.7. The van der Waals surface area contributed by atoms with Gasteiger partial charge in [-0.05, 0) is 55.9 Å². The van der Waals surface area contributed by atoms with Crippen LogP contribution in [-0.2, 0) is 6.54 Å². The second-order valence-electron chi connectivity index (χ2n) is 6.79. The normalized spacial score (nSPS) is 21.4. The Morgan fingerprint density at radius 1 is 1.22 bits per heavy atom. The Bertz CT molecular complexity index is 472. The summed E-state index contributed by atoms with van der Waals surface area (Å²) in [5.74, 6) is -0.174. The Morgan fingerprint density at radius 2 is 1.96 bits per heavy atom. The number of halogens is 1. The maximum atomic E-state index is 13.7. The number of nitrogens with zero attached hydrogens (tertiary/aromatic N) is 1. The number of hydrogen-bond acceptors (Lipinski definition) is 3. The molecule has 130 valence electrons. The summed E-state index contributed by atoms with van der Waals surface area (Å²) in [7, 11) is 2.09. The summed E-state index contributed by atoms with van der Waals surface area (Å²) in [6.45, 7) is 3.89. The minimum absolute atomic E-state index is 0.137. The molecule has 0 aliphatic heterocycles. The Morgan fingerprint density at radius 3 is 2.65 bits per heavy atom. The van der Waals surface area contributed by atoms with Crippen molar-refractivity contribution < 1.29 is 9.50 Å². The van der Waals surface area contributed by atoms with E-state index < -0.39 is 0 Å². The molecule has 2 rings (SSSR count). The molecule has 0 heterocycles. The third-order valence-electron chi connectivity index (χ3n) is 4.83. The molecule has 0 radical (unpaired) electrons. The van der Waals surface area contributed by atoms with Gasteiger partial charge in [0.1, 0.15) is 5.82 Å². The largest absolute Gasteiger partial charge is 0.393 e. The first-order valence-corrected chi connectivity index (χ1v) is 9.01. The zero-order valence-corrected chi connectivity index (χ0v) is 14.5. The van der Waals surface area contributed by atoms with Gasteiger partial charge < -0.3 is 15.3 Å². The standard InChI is InChI=1S/C19H31FN2O/c1-3-4-5-12-22(2)19-11-6-16(20)13-15(19)14-21-17-7-9-18(23)10-8-17/h6,11,13,17-18,21,23H,3-5,7-10,12,14H2,1-2H3. The third kappa shape index (κ3) is 5.78. The van der Waals surface area contributed by atoms with Crippen molar-refractivity contribution in [3.05, 3.63) is 29.6 Å². The number of aliphatic hydroxyl groups excluding tert-OH is 1. The zero-order valence-electron chi connectivity index (χ0n) is 14.5. The number of unbranched alkanes of at least 4 members (excludes halogenated alkanes) is 2. The first-order valence-electron chi connectivity index (χ1n) is 9.01. The molecule has 0 atom stereocenters. The minimum Gasteiger partial charge on any atom is -0.393 e. The maximum Gasteiger partial charge on any atom is 0.123 e. The van der Waals surface area contributed by atoms with Gasteiger partial charge in [-0.3, -0.25) is 0 Å². The van der Waals surface area contributed by atoms with Crippen molar-refractivity contribution in [2.45, 2.75) is 70.6 Å². The van der Waals surface area contributed by atoms with Crippen molar-refractivity contribution in [2.75, 3.05) is 18.5 Å². The highest BCUT2D eigenvalue weighted by Gasteiger charge is 2.19. The van der Waals surface area contributed by atoms with Crippen molar-refractivity contribution in [1.29, 1.82) is 0 Å². The number of anilines is 1. The van der Waals surface area contributed by atoms with Crippen LogP contribution in [0.25, 0.3) is 0 Å². The Kier molecular flexibility index (Phi) is 7.31. The van der Waals surface area contributed by atoms with Crippen LogP contribution < -0.4 is 10.2 Å². The van der Waals surface area contributed by atoms with Gasteiger partial charge in [-0.25, -0.2) is 4.39 Å². The second kappa shape index (κ2) is 9.24. The fourth-order valence-electron chi connectivity index (χ4n) is 3.32. The molecule has 0 spiro atoms. The Balaban J connectivity index is 1.95. The molecule has 1 aliphatic rings. The van der Waals surface area contributed by atoms with Crippen molar-refractivity contribution >= 4 is 5.69 Å². The average molecular weight is 322 g/mol. The van der Waals surface area contributed by atoms with E-state index in [1.54, 1.807) is 12.1 Å². The number of nitrogens with one attached hydrogen (secondary N) is 1.